The van der Waals surface area contributed by atoms with E-state index in [1.807, 2.05) is 37.3 Å². The van der Waals surface area contributed by atoms with Crippen molar-refractivity contribution in [2.45, 2.75) is 39.7 Å². The molecule has 154 valence electrons. The summed E-state index contributed by atoms with van der Waals surface area (Å²) in [6.45, 7) is 9.04. The van der Waals surface area contributed by atoms with Gasteiger partial charge in [-0.2, -0.15) is 0 Å². The van der Waals surface area contributed by atoms with Crippen molar-refractivity contribution in [2.24, 2.45) is 4.99 Å². The topological polar surface area (TPSA) is 78.4 Å². The number of rotatable bonds is 9. The first kappa shape index (κ1) is 24.4. The van der Waals surface area contributed by atoms with E-state index in [1.54, 1.807) is 11.3 Å². The van der Waals surface area contributed by atoms with Gasteiger partial charge in [0.15, 0.2) is 5.96 Å². The highest BCUT2D eigenvalue weighted by Crippen LogP contribution is 2.18. The molecule has 1 heterocycles. The number of aliphatic imine (C=N–C) groups is 1. The first-order chi connectivity index (χ1) is 13.1. The molecule has 1 aromatic carbocycles. The number of guanidine groups is 1. The molecule has 0 saturated heterocycles. The van der Waals surface area contributed by atoms with Crippen LogP contribution in [0.3, 0.4) is 0 Å². The number of hydrogen-bond donors (Lipinski definition) is 3. The van der Waals surface area contributed by atoms with Crippen molar-refractivity contribution >= 4 is 47.2 Å². The number of amides is 1. The molecule has 0 bridgehead atoms. The zero-order valence-electron chi connectivity index (χ0n) is 16.7. The molecule has 0 atom stereocenters. The number of benzene rings is 1. The van der Waals surface area contributed by atoms with Crippen LogP contribution < -0.4 is 16.0 Å². The molecule has 0 spiro atoms. The van der Waals surface area contributed by atoms with Crippen molar-refractivity contribution in [1.82, 2.24) is 20.9 Å². The zero-order chi connectivity index (χ0) is 19.5. The van der Waals surface area contributed by atoms with Gasteiger partial charge in [0.2, 0.25) is 0 Å². The molecule has 1 aromatic heterocycles. The molecule has 8 heteroatoms. The number of hydrogen-bond acceptors (Lipinski definition) is 4. The molecule has 3 N–H and O–H groups in total. The molecule has 6 nitrogen and oxygen atoms in total. The van der Waals surface area contributed by atoms with E-state index < -0.39 is 0 Å². The summed E-state index contributed by atoms with van der Waals surface area (Å²) >= 11 is 1.65. The maximum absolute atomic E-state index is 12.0. The van der Waals surface area contributed by atoms with Gasteiger partial charge >= 0.3 is 0 Å². The van der Waals surface area contributed by atoms with E-state index in [4.69, 9.17) is 0 Å². The summed E-state index contributed by atoms with van der Waals surface area (Å²) in [4.78, 5) is 21.2. The molecule has 0 aliphatic rings. The Labute approximate surface area is 188 Å². The van der Waals surface area contributed by atoms with E-state index in [9.17, 15) is 4.79 Å². The molecule has 2 aromatic rings. The Kier molecular flexibility index (Phi) is 11.7. The molecule has 0 saturated carbocycles. The van der Waals surface area contributed by atoms with E-state index in [2.05, 4.69) is 45.2 Å². The predicted molar refractivity (Wildman–Crippen MR) is 128 cm³/mol. The summed E-state index contributed by atoms with van der Waals surface area (Å²) in [5.41, 5.74) is 1.81. The highest BCUT2D eigenvalue weighted by molar-refractivity contribution is 14.0. The number of carbonyl (C=O) groups excluding carboxylic acids is 1. The summed E-state index contributed by atoms with van der Waals surface area (Å²) in [7, 11) is 0. The lowest BCUT2D eigenvalue weighted by molar-refractivity contribution is 0.0953. The van der Waals surface area contributed by atoms with Crippen molar-refractivity contribution < 1.29 is 4.79 Å². The molecule has 0 fully saturated rings. The van der Waals surface area contributed by atoms with Crippen LogP contribution in [0.2, 0.25) is 0 Å². The van der Waals surface area contributed by atoms with Gasteiger partial charge in [0.25, 0.3) is 5.91 Å². The molecule has 0 radical (unpaired) electrons. The smallest absolute Gasteiger partial charge is 0.251 e. The average Bonchev–Trinajstić information content (AvgIpc) is 3.15. The van der Waals surface area contributed by atoms with E-state index in [1.165, 1.54) is 0 Å². The van der Waals surface area contributed by atoms with Gasteiger partial charge in [0.05, 0.1) is 12.2 Å². The maximum atomic E-state index is 12.0. The number of aromatic nitrogens is 1. The monoisotopic (exact) mass is 515 g/mol. The Morgan fingerprint density at radius 2 is 1.86 bits per heavy atom. The Hall–Kier alpha value is -1.68. The van der Waals surface area contributed by atoms with Crippen LogP contribution >= 0.6 is 35.3 Å². The number of nitrogens with zero attached hydrogens (tertiary/aromatic N) is 2. The van der Waals surface area contributed by atoms with Crippen LogP contribution in [0.5, 0.6) is 0 Å². The summed E-state index contributed by atoms with van der Waals surface area (Å²) < 4.78 is 0. The van der Waals surface area contributed by atoms with Crippen molar-refractivity contribution in [3.05, 3.63) is 52.0 Å². The number of nitrogens with one attached hydrogen (secondary N) is 3. The molecule has 0 aliphatic carbocycles. The fourth-order valence-electron chi connectivity index (χ4n) is 2.34. The minimum atomic E-state index is -0.0408. The van der Waals surface area contributed by atoms with Crippen LogP contribution in [0.25, 0.3) is 0 Å². The molecule has 1 amide bonds. The molecule has 28 heavy (non-hydrogen) atoms. The van der Waals surface area contributed by atoms with Crippen molar-refractivity contribution in [3.63, 3.8) is 0 Å². The Morgan fingerprint density at radius 3 is 2.50 bits per heavy atom. The predicted octanol–water partition coefficient (Wildman–Crippen LogP) is 3.76. The van der Waals surface area contributed by atoms with Gasteiger partial charge < -0.3 is 16.0 Å². The fraction of sp³-hybridized carbons (Fsp3) is 0.450. The minimum Gasteiger partial charge on any atom is -0.357 e. The van der Waals surface area contributed by atoms with Gasteiger partial charge in [-0.05, 0) is 31.4 Å². The van der Waals surface area contributed by atoms with Crippen LogP contribution in [0, 0.1) is 0 Å². The average molecular weight is 515 g/mol. The SMILES string of the molecule is CCNC(=NCc1nc(C(C)C)cs1)NCCCNC(=O)c1ccccc1.I. The quantitative estimate of drug-likeness (QED) is 0.206. The van der Waals surface area contributed by atoms with Gasteiger partial charge in [0, 0.05) is 30.6 Å². The van der Waals surface area contributed by atoms with E-state index in [-0.39, 0.29) is 29.9 Å². The van der Waals surface area contributed by atoms with Crippen LogP contribution in [-0.2, 0) is 6.54 Å². The van der Waals surface area contributed by atoms with Crippen molar-refractivity contribution in [1.29, 1.82) is 0 Å². The third-order valence-corrected chi connectivity index (χ3v) is 4.70. The van der Waals surface area contributed by atoms with Crippen LogP contribution in [0.1, 0.15) is 54.2 Å². The Morgan fingerprint density at radius 1 is 1.14 bits per heavy atom. The second-order valence-corrected chi connectivity index (χ2v) is 7.36. The lowest BCUT2D eigenvalue weighted by Crippen LogP contribution is -2.38. The van der Waals surface area contributed by atoms with Gasteiger partial charge in [-0.1, -0.05) is 32.0 Å². The van der Waals surface area contributed by atoms with Crippen LogP contribution in [-0.4, -0.2) is 36.5 Å². The maximum Gasteiger partial charge on any atom is 0.251 e. The van der Waals surface area contributed by atoms with Gasteiger partial charge in [-0.25, -0.2) is 9.98 Å². The lowest BCUT2D eigenvalue weighted by Gasteiger charge is -2.11. The molecule has 0 aliphatic heterocycles. The first-order valence-electron chi connectivity index (χ1n) is 9.40. The van der Waals surface area contributed by atoms with E-state index in [0.717, 1.165) is 36.2 Å². The normalized spacial score (nSPS) is 11.1. The summed E-state index contributed by atoms with van der Waals surface area (Å²) in [6, 6.07) is 9.25. The zero-order valence-corrected chi connectivity index (χ0v) is 19.8. The van der Waals surface area contributed by atoms with Crippen molar-refractivity contribution in [3.8, 4) is 0 Å². The second-order valence-electron chi connectivity index (χ2n) is 6.42. The molecular formula is C20H30IN5OS. The molecule has 0 unspecified atom stereocenters. The lowest BCUT2D eigenvalue weighted by atomic mass is 10.2. The van der Waals surface area contributed by atoms with Gasteiger partial charge in [0.1, 0.15) is 5.01 Å². The second kappa shape index (κ2) is 13.5. The number of carbonyl (C=O) groups is 1. The Bertz CT molecular complexity index is 733. The molecule has 2 rings (SSSR count). The van der Waals surface area contributed by atoms with E-state index in [0.29, 0.717) is 24.6 Å². The van der Waals surface area contributed by atoms with Gasteiger partial charge in [-0.15, -0.1) is 35.3 Å². The minimum absolute atomic E-state index is 0. The van der Waals surface area contributed by atoms with Crippen LogP contribution in [0.15, 0.2) is 40.7 Å². The molecular weight excluding hydrogens is 485 g/mol. The summed E-state index contributed by atoms with van der Waals surface area (Å²) in [6.07, 6.45) is 0.817. The highest BCUT2D eigenvalue weighted by Gasteiger charge is 2.06. The van der Waals surface area contributed by atoms with E-state index >= 15 is 0 Å². The standard InChI is InChI=1S/C20H29N5OS.HI/c1-4-21-20(24-13-18-25-17(14-27-18)15(2)3)23-12-8-11-22-19(26)16-9-6-5-7-10-16;/h5-7,9-10,14-15H,4,8,11-13H2,1-3H3,(H,22,26)(H2,21,23,24);1H. The Balaban J connectivity index is 0.00000392. The largest absolute Gasteiger partial charge is 0.357 e. The third-order valence-electron chi connectivity index (χ3n) is 3.85. The van der Waals surface area contributed by atoms with Gasteiger partial charge in [-0.3, -0.25) is 4.79 Å². The summed E-state index contributed by atoms with van der Waals surface area (Å²) in [5, 5.41) is 12.6. The number of halogens is 1. The fourth-order valence-corrected chi connectivity index (χ4v) is 3.22. The van der Waals surface area contributed by atoms with Crippen molar-refractivity contribution in [2.75, 3.05) is 19.6 Å². The third kappa shape index (κ3) is 8.55. The highest BCUT2D eigenvalue weighted by atomic mass is 127. The first-order valence-corrected chi connectivity index (χ1v) is 10.3. The summed E-state index contributed by atoms with van der Waals surface area (Å²) in [5.74, 6) is 1.17. The van der Waals surface area contributed by atoms with Crippen LogP contribution in [0.4, 0.5) is 0 Å². The number of thiazole rings is 1.